The molecule has 0 saturated carbocycles. The summed E-state index contributed by atoms with van der Waals surface area (Å²) in [6.45, 7) is 10.6. The molecule has 2 fully saturated rings. The van der Waals surface area contributed by atoms with Crippen molar-refractivity contribution in [2.75, 3.05) is 66.5 Å². The van der Waals surface area contributed by atoms with Crippen molar-refractivity contribution in [1.29, 1.82) is 0 Å². The third-order valence-corrected chi connectivity index (χ3v) is 12.6. The molecule has 0 aliphatic carbocycles. The number of thiazole rings is 1. The number of benzene rings is 4. The molecule has 2 aliphatic rings. The molecule has 7 rings (SSSR count). The molecular weight excluding hydrogens is 962 g/mol. The van der Waals surface area contributed by atoms with E-state index in [9.17, 15) is 18.4 Å². The van der Waals surface area contributed by atoms with Gasteiger partial charge in [0.25, 0.3) is 0 Å². The average Bonchev–Trinajstić information content (AvgIpc) is 4.05. The lowest BCUT2D eigenvalue weighted by Crippen LogP contribution is -2.24. The molecule has 2 aliphatic heterocycles. The number of aromatic nitrogens is 1. The van der Waals surface area contributed by atoms with Gasteiger partial charge in [0.1, 0.15) is 46.0 Å². The van der Waals surface area contributed by atoms with Crippen LogP contribution in [0.5, 0.6) is 11.5 Å². The molecule has 3 atom stereocenters. The van der Waals surface area contributed by atoms with E-state index in [0.29, 0.717) is 21.0 Å². The molecule has 0 amide bonds. The molecular formula is C45H52BrF2N8O4PS3. The lowest BCUT2D eigenvalue weighted by atomic mass is 10.1. The highest BCUT2D eigenvalue weighted by Crippen LogP contribution is 2.31. The molecule has 12 nitrogen and oxygen atoms in total. The second kappa shape index (κ2) is 25.8. The summed E-state index contributed by atoms with van der Waals surface area (Å²) in [7, 11) is 2.58. The van der Waals surface area contributed by atoms with Crippen molar-refractivity contribution in [1.82, 2.24) is 14.8 Å². The number of rotatable bonds is 14. The van der Waals surface area contributed by atoms with Gasteiger partial charge >= 0.3 is 0 Å². The Morgan fingerprint density at radius 2 is 1.42 bits per heavy atom. The number of aliphatic imine (C=N–C) groups is 1. The normalized spacial score (nSPS) is 16.2. The molecule has 6 N–H and O–H groups in total. The number of nitrogens with one attached hydrogen (secondary N) is 2. The smallest absolute Gasteiger partial charge is 0.206 e. The third-order valence-electron chi connectivity index (χ3n) is 9.83. The molecule has 0 radical (unpaired) electrons. The summed E-state index contributed by atoms with van der Waals surface area (Å²) in [4.78, 5) is 37.0. The van der Waals surface area contributed by atoms with Crippen molar-refractivity contribution in [3.05, 3.63) is 125 Å². The number of hydrogen-bond acceptors (Lipinski definition) is 12. The number of nitrogens with zero attached hydrogens (tertiary/aromatic N) is 4. The number of anilines is 4. The first-order chi connectivity index (χ1) is 30.8. The van der Waals surface area contributed by atoms with Crippen molar-refractivity contribution < 1.29 is 27.8 Å². The Balaban J connectivity index is 0.000000200. The number of Topliss-reactive ketones (excluding diaryl/α,β-unsaturated/α-hetero) is 1. The second-order valence-corrected chi connectivity index (χ2v) is 18.3. The van der Waals surface area contributed by atoms with Crippen LogP contribution in [0.25, 0.3) is 0 Å². The molecule has 2 saturated heterocycles. The van der Waals surface area contributed by atoms with Crippen molar-refractivity contribution in [3.8, 4) is 11.5 Å². The Hall–Kier alpha value is -4.55. The number of likely N-dealkylation sites (tertiary alicyclic amines) is 2. The van der Waals surface area contributed by atoms with Crippen molar-refractivity contribution in [2.45, 2.75) is 38.9 Å². The van der Waals surface area contributed by atoms with Gasteiger partial charge in [0.15, 0.2) is 21.2 Å². The number of likely N-dealkylation sites (N-methyl/N-ethyl adjacent to an activating group) is 2. The zero-order valence-corrected chi connectivity index (χ0v) is 40.7. The quantitative estimate of drug-likeness (QED) is 0.0208. The first-order valence-corrected chi connectivity index (χ1v) is 24.7. The van der Waals surface area contributed by atoms with Gasteiger partial charge in [-0.1, -0.05) is 77.1 Å². The van der Waals surface area contributed by atoms with E-state index in [1.807, 2.05) is 48.5 Å². The zero-order valence-electron chi connectivity index (χ0n) is 35.5. The number of carbonyl (C=O) groups is 2. The number of hydrogen-bond donors (Lipinski definition) is 4. The van der Waals surface area contributed by atoms with Gasteiger partial charge in [0.2, 0.25) is 5.78 Å². The minimum atomic E-state index is -0.468. The fourth-order valence-electron chi connectivity index (χ4n) is 6.52. The minimum Gasteiger partial charge on any atom is -0.489 e. The predicted octanol–water partition coefficient (Wildman–Crippen LogP) is 9.45. The first-order valence-electron chi connectivity index (χ1n) is 20.5. The third kappa shape index (κ3) is 16.2. The predicted molar refractivity (Wildman–Crippen MR) is 269 cm³/mol. The fraction of sp³-hybridized carbons (Fsp3) is 0.311. The first kappa shape index (κ1) is 50.4. The van der Waals surface area contributed by atoms with Gasteiger partial charge in [-0.05, 0) is 111 Å². The van der Waals surface area contributed by atoms with Gasteiger partial charge in [-0.15, -0.1) is 9.24 Å². The maximum Gasteiger partial charge on any atom is 0.206 e. The summed E-state index contributed by atoms with van der Waals surface area (Å²) < 4.78 is 38.0. The summed E-state index contributed by atoms with van der Waals surface area (Å²) in [6.07, 6.45) is 2.62. The van der Waals surface area contributed by atoms with Crippen LogP contribution in [0.2, 0.25) is 0 Å². The molecule has 340 valence electrons. The number of amidine groups is 1. The highest BCUT2D eigenvalue weighted by Gasteiger charge is 2.24. The molecule has 0 bridgehead atoms. The molecule has 5 aromatic rings. The van der Waals surface area contributed by atoms with E-state index in [1.54, 1.807) is 12.1 Å². The Morgan fingerprint density at radius 3 is 1.92 bits per heavy atom. The lowest BCUT2D eigenvalue weighted by molar-refractivity contribution is 0.102. The molecule has 3 heterocycles. The van der Waals surface area contributed by atoms with Gasteiger partial charge in [-0.3, -0.25) is 19.4 Å². The Kier molecular flexibility index (Phi) is 20.3. The van der Waals surface area contributed by atoms with E-state index >= 15 is 0 Å². The van der Waals surface area contributed by atoms with Crippen molar-refractivity contribution in [3.63, 3.8) is 0 Å². The van der Waals surface area contributed by atoms with Crippen LogP contribution in [0, 0.1) is 11.6 Å². The van der Waals surface area contributed by atoms with E-state index in [1.165, 1.54) is 48.2 Å². The van der Waals surface area contributed by atoms with Crippen LogP contribution in [-0.2, 0) is 0 Å². The fourth-order valence-corrected chi connectivity index (χ4v) is 8.82. The summed E-state index contributed by atoms with van der Waals surface area (Å²) in [5, 5.41) is 7.75. The lowest BCUT2D eigenvalue weighted by Gasteiger charge is -2.15. The summed E-state index contributed by atoms with van der Waals surface area (Å²) >= 11 is 10.7. The number of nitrogen functional groups attached to an aromatic ring is 1. The Morgan fingerprint density at radius 1 is 0.891 bits per heavy atom. The van der Waals surface area contributed by atoms with Crippen LogP contribution in [0.1, 0.15) is 52.3 Å². The Labute approximate surface area is 397 Å². The molecule has 64 heavy (non-hydrogen) atoms. The number of ether oxygens (including phenoxy) is 2. The Bertz CT molecular complexity index is 2350. The van der Waals surface area contributed by atoms with Gasteiger partial charge in [-0.25, -0.2) is 13.8 Å². The second-order valence-electron chi connectivity index (χ2n) is 14.3. The van der Waals surface area contributed by atoms with Gasteiger partial charge in [-0.2, -0.15) is 4.99 Å². The van der Waals surface area contributed by atoms with Crippen molar-refractivity contribution >= 4 is 105 Å². The van der Waals surface area contributed by atoms with E-state index < -0.39 is 5.82 Å². The van der Waals surface area contributed by atoms with Crippen LogP contribution in [0.4, 0.5) is 31.1 Å². The highest BCUT2D eigenvalue weighted by atomic mass is 79.9. The van der Waals surface area contributed by atoms with E-state index in [0.717, 1.165) is 91.8 Å². The average molecular weight is 1010 g/mol. The molecule has 1 aromatic heterocycles. The van der Waals surface area contributed by atoms with E-state index in [4.69, 9.17) is 33.2 Å². The molecule has 4 aromatic carbocycles. The number of thioether (sulfide) groups is 1. The summed E-state index contributed by atoms with van der Waals surface area (Å²) in [5.41, 5.74) is 14.8. The highest BCUT2D eigenvalue weighted by molar-refractivity contribution is 9.09. The minimum absolute atomic E-state index is 0.107. The number of thiocarbonyl (C=S) groups is 1. The number of carbonyl (C=O) groups excluding carboxylic acids is 2. The molecule has 0 spiro atoms. The SMILES string of the molecule is CCN1CCC(Oc2ccc(NC(=S)N=C(N)SCP)cc2)C1.CCN1CCC(Oc2ccc(Nc3nc(N)c(C(=O)c4cccc(F)c4)s3)cc2)C1.O=C(CBr)c1cccc(F)c1. The van der Waals surface area contributed by atoms with Crippen LogP contribution >= 0.6 is 60.5 Å². The van der Waals surface area contributed by atoms with Crippen LogP contribution in [0.15, 0.2) is 102 Å². The maximum atomic E-state index is 13.4. The van der Waals surface area contributed by atoms with Crippen molar-refractivity contribution in [2.24, 2.45) is 10.7 Å². The summed E-state index contributed by atoms with van der Waals surface area (Å²) in [6, 6.07) is 26.6. The molecule has 19 heteroatoms. The van der Waals surface area contributed by atoms with Crippen LogP contribution in [-0.4, -0.2) is 98.9 Å². The van der Waals surface area contributed by atoms with Crippen LogP contribution < -0.4 is 31.6 Å². The van der Waals surface area contributed by atoms with Gasteiger partial charge in [0, 0.05) is 54.2 Å². The van der Waals surface area contributed by atoms with Gasteiger partial charge in [0.05, 0.1) is 5.33 Å². The maximum absolute atomic E-state index is 13.4. The summed E-state index contributed by atoms with van der Waals surface area (Å²) in [5.74, 6) is 0.526. The standard InChI is InChI=1S/C22H23FN4O2S.C15H23N4OPS2.C8H6BrFO/c1-2-27-11-10-18(13-27)29-17-8-6-16(7-9-17)25-22-26-21(24)20(30-22)19(28)14-4-3-5-15(23)12-14;1-2-19-8-7-13(9-19)20-12-5-3-11(4-6-12)17-15(22)18-14(16)23-10-21;9-5-8(11)6-2-1-3-7(10)4-6/h3-9,12,18H,2,10-11,13,24H2,1H3,(H,25,26);3-6,13H,2,7-10,21H2,1H3,(H3,16,17,18,22);1-4H,5H2. The van der Waals surface area contributed by atoms with E-state index in [2.05, 4.69) is 69.4 Å². The number of nitrogens with two attached hydrogens (primary N) is 2. The monoisotopic (exact) mass is 1010 g/mol. The zero-order chi connectivity index (χ0) is 46.0. The van der Waals surface area contributed by atoms with Crippen LogP contribution in [0.3, 0.4) is 0 Å². The topological polar surface area (TPSA) is 160 Å². The number of ketones is 2. The number of halogens is 3. The van der Waals surface area contributed by atoms with E-state index in [-0.39, 0.29) is 51.2 Å². The molecule has 3 unspecified atom stereocenters. The largest absolute Gasteiger partial charge is 0.489 e. The van der Waals surface area contributed by atoms with Gasteiger partial charge < -0.3 is 31.6 Å². The number of alkyl halides is 1.